The highest BCUT2D eigenvalue weighted by molar-refractivity contribution is 9.09. The summed E-state index contributed by atoms with van der Waals surface area (Å²) in [5.41, 5.74) is 0. The predicted octanol–water partition coefficient (Wildman–Crippen LogP) is 6.05. The molecule has 0 aromatic carbocycles. The lowest BCUT2D eigenvalue weighted by Crippen LogP contribution is -1.97. The van der Waals surface area contributed by atoms with Gasteiger partial charge in [0.15, 0.2) is 0 Å². The van der Waals surface area contributed by atoms with Crippen LogP contribution in [0.1, 0.15) is 57.8 Å². The van der Waals surface area contributed by atoms with Crippen LogP contribution in [-0.2, 0) is 0 Å². The fourth-order valence-corrected chi connectivity index (χ4v) is 2.98. The van der Waals surface area contributed by atoms with Gasteiger partial charge in [0.1, 0.15) is 0 Å². The Morgan fingerprint density at radius 2 is 1.07 bits per heavy atom. The largest absolute Gasteiger partial charge is 0.0928 e. The minimum Gasteiger partial charge on any atom is -0.0928 e. The highest BCUT2D eigenvalue weighted by Crippen LogP contribution is 2.17. The average molecular weight is 407 g/mol. The van der Waals surface area contributed by atoms with E-state index in [2.05, 4.69) is 47.8 Å². The molecule has 0 saturated carbocycles. The Bertz CT molecular complexity index is 117. The lowest BCUT2D eigenvalue weighted by Gasteiger charge is -2.08. The van der Waals surface area contributed by atoms with Crippen molar-refractivity contribution in [3.05, 3.63) is 0 Å². The van der Waals surface area contributed by atoms with Gasteiger partial charge >= 0.3 is 0 Å². The third-order valence-electron chi connectivity index (χ3n) is 2.55. The van der Waals surface area contributed by atoms with Crippen LogP contribution in [0.3, 0.4) is 0 Å². The van der Waals surface area contributed by atoms with Crippen molar-refractivity contribution in [3.8, 4) is 0 Å². The van der Waals surface area contributed by atoms with Gasteiger partial charge in [-0.15, -0.1) is 0 Å². The molecule has 0 amide bonds. The summed E-state index contributed by atoms with van der Waals surface area (Å²) in [6.45, 7) is 0. The highest BCUT2D eigenvalue weighted by Gasteiger charge is 2.02. The zero-order valence-corrected chi connectivity index (χ0v) is 14.2. The fraction of sp³-hybridized carbons (Fsp3) is 1.00. The minimum absolute atomic E-state index is 0.748. The summed E-state index contributed by atoms with van der Waals surface area (Å²) in [6, 6.07) is 0. The molecule has 0 aliphatic heterocycles. The Balaban J connectivity index is 3.02. The van der Waals surface area contributed by atoms with E-state index in [0.29, 0.717) is 0 Å². The normalized spacial score (nSPS) is 13.0. The minimum atomic E-state index is 0.748. The molecule has 0 aliphatic rings. The van der Waals surface area contributed by atoms with Gasteiger partial charge in [-0.2, -0.15) is 0 Å². The zero-order valence-electron chi connectivity index (χ0n) is 9.49. The number of halogens is 3. The van der Waals surface area contributed by atoms with Crippen LogP contribution < -0.4 is 0 Å². The molecule has 0 aromatic heterocycles. The van der Waals surface area contributed by atoms with Gasteiger partial charge in [0.2, 0.25) is 0 Å². The first-order valence-electron chi connectivity index (χ1n) is 6.07. The van der Waals surface area contributed by atoms with E-state index >= 15 is 0 Å². The third-order valence-corrected chi connectivity index (χ3v) is 4.59. The summed E-state index contributed by atoms with van der Waals surface area (Å²) >= 11 is 10.7. The molecule has 3 heteroatoms. The molecule has 15 heavy (non-hydrogen) atoms. The van der Waals surface area contributed by atoms with Crippen molar-refractivity contribution >= 4 is 47.8 Å². The monoisotopic (exact) mass is 404 g/mol. The lowest BCUT2D eigenvalue weighted by atomic mass is 10.1. The standard InChI is InChI=1S/C12H23Br3/c13-10-6-4-2-1-3-5-8-12(15)9-7-11-14/h12H,1-11H2. The summed E-state index contributed by atoms with van der Waals surface area (Å²) in [5, 5.41) is 2.31. The molecule has 0 fully saturated rings. The van der Waals surface area contributed by atoms with Crippen LogP contribution in [0, 0.1) is 0 Å². The second-order valence-corrected chi connectivity index (χ2v) is 6.91. The van der Waals surface area contributed by atoms with Gasteiger partial charge in [0.05, 0.1) is 0 Å². The van der Waals surface area contributed by atoms with Crippen molar-refractivity contribution < 1.29 is 0 Å². The van der Waals surface area contributed by atoms with E-state index in [1.165, 1.54) is 63.1 Å². The Labute approximate surface area is 120 Å². The first-order valence-corrected chi connectivity index (χ1v) is 9.23. The van der Waals surface area contributed by atoms with Gasteiger partial charge < -0.3 is 0 Å². The Morgan fingerprint density at radius 3 is 1.67 bits per heavy atom. The SMILES string of the molecule is BrCCCCCCCCC(Br)CCCBr. The van der Waals surface area contributed by atoms with E-state index in [1.54, 1.807) is 0 Å². The second kappa shape index (κ2) is 13.5. The van der Waals surface area contributed by atoms with E-state index in [1.807, 2.05) is 0 Å². The topological polar surface area (TPSA) is 0 Å². The molecule has 0 saturated heterocycles. The number of hydrogen-bond acceptors (Lipinski definition) is 0. The molecule has 1 unspecified atom stereocenters. The van der Waals surface area contributed by atoms with E-state index in [-0.39, 0.29) is 0 Å². The second-order valence-electron chi connectivity index (χ2n) is 4.03. The molecule has 92 valence electrons. The van der Waals surface area contributed by atoms with E-state index < -0.39 is 0 Å². The lowest BCUT2D eigenvalue weighted by molar-refractivity contribution is 0.574. The van der Waals surface area contributed by atoms with Gasteiger partial charge in [-0.3, -0.25) is 0 Å². The van der Waals surface area contributed by atoms with Gasteiger partial charge in [-0.25, -0.2) is 0 Å². The molecular weight excluding hydrogens is 384 g/mol. The van der Waals surface area contributed by atoms with Gasteiger partial charge in [-0.05, 0) is 25.7 Å². The summed E-state index contributed by atoms with van der Waals surface area (Å²) < 4.78 is 0. The smallest absolute Gasteiger partial charge is 0.0146 e. The fourth-order valence-electron chi connectivity index (χ4n) is 1.61. The zero-order chi connectivity index (χ0) is 11.4. The summed E-state index contributed by atoms with van der Waals surface area (Å²) in [4.78, 5) is 0.748. The van der Waals surface area contributed by atoms with Crippen LogP contribution in [0.5, 0.6) is 0 Å². The van der Waals surface area contributed by atoms with Crippen molar-refractivity contribution in [2.75, 3.05) is 10.7 Å². The molecule has 0 spiro atoms. The van der Waals surface area contributed by atoms with Gasteiger partial charge in [0, 0.05) is 15.5 Å². The van der Waals surface area contributed by atoms with Crippen molar-refractivity contribution in [1.82, 2.24) is 0 Å². The molecule has 0 N–H and O–H groups in total. The van der Waals surface area contributed by atoms with Crippen LogP contribution in [0.15, 0.2) is 0 Å². The number of alkyl halides is 3. The first kappa shape index (κ1) is 16.4. The summed E-state index contributed by atoms with van der Waals surface area (Å²) in [7, 11) is 0. The van der Waals surface area contributed by atoms with E-state index in [9.17, 15) is 0 Å². The molecule has 0 aromatic rings. The molecular formula is C12H23Br3. The van der Waals surface area contributed by atoms with Crippen molar-refractivity contribution in [1.29, 1.82) is 0 Å². The summed E-state index contributed by atoms with van der Waals surface area (Å²) in [6.07, 6.45) is 12.3. The molecule has 0 nitrogen and oxygen atoms in total. The number of rotatable bonds is 11. The predicted molar refractivity (Wildman–Crippen MR) is 81.9 cm³/mol. The third kappa shape index (κ3) is 13.4. The van der Waals surface area contributed by atoms with Crippen LogP contribution >= 0.6 is 47.8 Å². The molecule has 1 atom stereocenters. The van der Waals surface area contributed by atoms with E-state index in [0.717, 1.165) is 10.2 Å². The maximum Gasteiger partial charge on any atom is 0.0146 e. The Hall–Kier alpha value is 1.44. The van der Waals surface area contributed by atoms with E-state index in [4.69, 9.17) is 0 Å². The van der Waals surface area contributed by atoms with Crippen molar-refractivity contribution in [3.63, 3.8) is 0 Å². The van der Waals surface area contributed by atoms with Crippen LogP contribution in [0.25, 0.3) is 0 Å². The van der Waals surface area contributed by atoms with Crippen LogP contribution in [0.4, 0.5) is 0 Å². The molecule has 0 bridgehead atoms. The van der Waals surface area contributed by atoms with Gasteiger partial charge in [0.25, 0.3) is 0 Å². The number of hydrogen-bond donors (Lipinski definition) is 0. The Kier molecular flexibility index (Phi) is 14.8. The van der Waals surface area contributed by atoms with Crippen LogP contribution in [-0.4, -0.2) is 15.5 Å². The summed E-state index contributed by atoms with van der Waals surface area (Å²) in [5.74, 6) is 0. The maximum absolute atomic E-state index is 3.75. The van der Waals surface area contributed by atoms with Crippen molar-refractivity contribution in [2.45, 2.75) is 62.6 Å². The molecule has 0 heterocycles. The highest BCUT2D eigenvalue weighted by atomic mass is 79.9. The molecule has 0 aliphatic carbocycles. The van der Waals surface area contributed by atoms with Gasteiger partial charge in [-0.1, -0.05) is 79.9 Å². The Morgan fingerprint density at radius 1 is 0.600 bits per heavy atom. The van der Waals surface area contributed by atoms with Crippen molar-refractivity contribution in [2.24, 2.45) is 0 Å². The maximum atomic E-state index is 3.75. The van der Waals surface area contributed by atoms with Crippen LogP contribution in [0.2, 0.25) is 0 Å². The molecule has 0 radical (unpaired) electrons. The average Bonchev–Trinajstić information content (AvgIpc) is 2.25. The quantitative estimate of drug-likeness (QED) is 0.289. The first-order chi connectivity index (χ1) is 7.31. The molecule has 0 rings (SSSR count). The number of unbranched alkanes of at least 4 members (excludes halogenated alkanes) is 5.